The Morgan fingerprint density at radius 1 is 1.12 bits per heavy atom. The normalized spacial score (nSPS) is 18.8. The van der Waals surface area contributed by atoms with Gasteiger partial charge in [0.05, 0.1) is 24.2 Å². The largest absolute Gasteiger partial charge is 0.450 e. The highest BCUT2D eigenvalue weighted by Crippen LogP contribution is 2.37. The van der Waals surface area contributed by atoms with Crippen LogP contribution in [0.3, 0.4) is 0 Å². The first-order valence-corrected chi connectivity index (χ1v) is 11.3. The van der Waals surface area contributed by atoms with E-state index >= 15 is 0 Å². The first-order chi connectivity index (χ1) is 16.5. The van der Waals surface area contributed by atoms with Crippen molar-refractivity contribution in [3.05, 3.63) is 41.2 Å². The number of ether oxygens (including phenoxy) is 1. The van der Waals surface area contributed by atoms with Crippen molar-refractivity contribution in [1.82, 2.24) is 39.3 Å². The van der Waals surface area contributed by atoms with Crippen molar-refractivity contribution in [3.8, 4) is 22.6 Å². The third-order valence-corrected chi connectivity index (χ3v) is 6.38. The Balaban J connectivity index is 1.65. The fourth-order valence-electron chi connectivity index (χ4n) is 4.71. The molecule has 6 heterocycles. The summed E-state index contributed by atoms with van der Waals surface area (Å²) in [4.78, 5) is 24.3. The first-order valence-electron chi connectivity index (χ1n) is 11.3. The number of aromatic nitrogens is 8. The van der Waals surface area contributed by atoms with E-state index < -0.39 is 0 Å². The molecule has 1 aliphatic rings. The Hall–Kier alpha value is -3.86. The van der Waals surface area contributed by atoms with E-state index in [1.165, 1.54) is 4.80 Å². The molecule has 5 aromatic heterocycles. The van der Waals surface area contributed by atoms with E-state index in [2.05, 4.69) is 27.2 Å². The van der Waals surface area contributed by atoms with Crippen LogP contribution in [0.15, 0.2) is 39.9 Å². The molecule has 0 aromatic carbocycles. The molecule has 11 nitrogen and oxygen atoms in total. The summed E-state index contributed by atoms with van der Waals surface area (Å²) in [5.74, 6) is 0. The van der Waals surface area contributed by atoms with Crippen molar-refractivity contribution in [2.24, 2.45) is 14.1 Å². The van der Waals surface area contributed by atoms with Gasteiger partial charge in [0.1, 0.15) is 22.4 Å². The fraction of sp³-hybridized carbons (Fsp3) is 0.391. The number of hydrogen-bond acceptors (Lipinski definition) is 8. The van der Waals surface area contributed by atoms with Gasteiger partial charge in [-0.25, -0.2) is 9.78 Å². The number of fused-ring (bicyclic) bond motifs is 3. The molecule has 1 unspecified atom stereocenters. The summed E-state index contributed by atoms with van der Waals surface area (Å²) in [6.07, 6.45) is 7.59. The average Bonchev–Trinajstić information content (AvgIpc) is 3.57. The molecule has 174 valence electrons. The lowest BCUT2D eigenvalue weighted by atomic mass is 10.0. The summed E-state index contributed by atoms with van der Waals surface area (Å²) in [5.41, 5.74) is 4.47. The molecule has 0 spiro atoms. The molecule has 1 saturated heterocycles. The minimum Gasteiger partial charge on any atom is -0.450 e. The second-order valence-electron chi connectivity index (χ2n) is 8.64. The van der Waals surface area contributed by atoms with Crippen molar-refractivity contribution in [1.29, 1.82) is 0 Å². The van der Waals surface area contributed by atoms with Crippen molar-refractivity contribution in [2.45, 2.75) is 38.3 Å². The molecule has 0 saturated carbocycles. The van der Waals surface area contributed by atoms with Gasteiger partial charge in [-0.05, 0) is 31.4 Å². The van der Waals surface area contributed by atoms with Gasteiger partial charge in [-0.2, -0.15) is 25.1 Å². The maximum absolute atomic E-state index is 13.5. The van der Waals surface area contributed by atoms with Gasteiger partial charge in [0.2, 0.25) is 0 Å². The van der Waals surface area contributed by atoms with Gasteiger partial charge in [-0.15, -0.1) is 0 Å². The lowest BCUT2D eigenvalue weighted by molar-refractivity contribution is -0.00710. The summed E-state index contributed by atoms with van der Waals surface area (Å²) < 4.78 is 15.6. The first kappa shape index (κ1) is 20.7. The molecular formula is C23H24N8O3. The Labute approximate surface area is 194 Å². The fourth-order valence-corrected chi connectivity index (χ4v) is 4.71. The van der Waals surface area contributed by atoms with Crippen LogP contribution in [0.1, 0.15) is 32.2 Å². The second kappa shape index (κ2) is 7.87. The lowest BCUT2D eigenvalue weighted by Crippen LogP contribution is -2.34. The minimum atomic E-state index is -0.331. The summed E-state index contributed by atoms with van der Waals surface area (Å²) >= 11 is 0. The van der Waals surface area contributed by atoms with Crippen LogP contribution in [0, 0.1) is 0 Å². The van der Waals surface area contributed by atoms with Crippen LogP contribution in [-0.2, 0) is 18.8 Å². The van der Waals surface area contributed by atoms with Crippen molar-refractivity contribution in [3.63, 3.8) is 0 Å². The maximum atomic E-state index is 13.5. The van der Waals surface area contributed by atoms with E-state index in [-0.39, 0.29) is 17.8 Å². The quantitative estimate of drug-likeness (QED) is 0.402. The van der Waals surface area contributed by atoms with Crippen LogP contribution in [0.5, 0.6) is 0 Å². The molecule has 5 aromatic rings. The third kappa shape index (κ3) is 3.31. The highest BCUT2D eigenvalue weighted by Gasteiger charge is 2.29. The van der Waals surface area contributed by atoms with E-state index in [0.29, 0.717) is 51.5 Å². The number of hydrogen-bond donors (Lipinski definition) is 0. The Morgan fingerprint density at radius 2 is 2.00 bits per heavy atom. The van der Waals surface area contributed by atoms with E-state index in [1.54, 1.807) is 28.7 Å². The zero-order chi connectivity index (χ0) is 23.4. The second-order valence-corrected chi connectivity index (χ2v) is 8.64. The summed E-state index contributed by atoms with van der Waals surface area (Å²) in [7, 11) is 3.58. The molecule has 34 heavy (non-hydrogen) atoms. The summed E-state index contributed by atoms with van der Waals surface area (Å²) in [6.45, 7) is 2.69. The standard InChI is InChI=1S/C23H24N8O3/c1-4-15-9-14(7-8-33-15)31-21-20-18(6-5-16(26-20)17-11-25-30(3)28-17)34-22(21)19(27-23(31)32)13-10-24-29(2)12-13/h5-6,10-12,14-15H,4,7-9H2,1-3H3/t14?,15-/m0/s1. The predicted molar refractivity (Wildman–Crippen MR) is 124 cm³/mol. The van der Waals surface area contributed by atoms with Gasteiger partial charge in [0, 0.05) is 38.5 Å². The number of rotatable bonds is 4. The average molecular weight is 460 g/mol. The minimum absolute atomic E-state index is 0.0630. The van der Waals surface area contributed by atoms with E-state index in [1.807, 2.05) is 25.4 Å². The molecule has 0 bridgehead atoms. The predicted octanol–water partition coefficient (Wildman–Crippen LogP) is 2.86. The number of furan rings is 1. The van der Waals surface area contributed by atoms with Gasteiger partial charge in [0.15, 0.2) is 11.2 Å². The monoisotopic (exact) mass is 460 g/mol. The maximum Gasteiger partial charge on any atom is 0.349 e. The van der Waals surface area contributed by atoms with Gasteiger partial charge in [-0.3, -0.25) is 9.25 Å². The molecule has 1 aliphatic heterocycles. The smallest absolute Gasteiger partial charge is 0.349 e. The summed E-state index contributed by atoms with van der Waals surface area (Å²) in [5, 5.41) is 12.8. The van der Waals surface area contributed by atoms with Gasteiger partial charge in [0.25, 0.3) is 0 Å². The zero-order valence-corrected chi connectivity index (χ0v) is 19.2. The molecule has 0 aliphatic carbocycles. The highest BCUT2D eigenvalue weighted by molar-refractivity contribution is 6.05. The molecule has 0 radical (unpaired) electrons. The van der Waals surface area contributed by atoms with Crippen LogP contribution in [0.2, 0.25) is 0 Å². The van der Waals surface area contributed by atoms with Crippen LogP contribution < -0.4 is 5.69 Å². The Bertz CT molecular complexity index is 1580. The molecular weight excluding hydrogens is 436 g/mol. The molecule has 11 heteroatoms. The van der Waals surface area contributed by atoms with Crippen molar-refractivity contribution >= 4 is 22.2 Å². The van der Waals surface area contributed by atoms with Gasteiger partial charge >= 0.3 is 5.69 Å². The van der Waals surface area contributed by atoms with E-state index in [4.69, 9.17) is 14.1 Å². The Morgan fingerprint density at radius 3 is 2.74 bits per heavy atom. The van der Waals surface area contributed by atoms with Gasteiger partial charge in [-0.1, -0.05) is 6.92 Å². The molecule has 0 amide bonds. The number of pyridine rings is 1. The SMILES string of the molecule is CC[C@H]1CC(n2c(=O)nc(-c3cnn(C)c3)c3oc4ccc(-c5cnn(C)n5)nc4c32)CCO1. The molecule has 6 rings (SSSR count). The number of aryl methyl sites for hydroxylation is 2. The van der Waals surface area contributed by atoms with Crippen LogP contribution in [-0.4, -0.2) is 52.0 Å². The van der Waals surface area contributed by atoms with Crippen LogP contribution in [0.25, 0.3) is 44.8 Å². The zero-order valence-electron chi connectivity index (χ0n) is 19.2. The lowest BCUT2D eigenvalue weighted by Gasteiger charge is -2.30. The molecule has 1 fully saturated rings. The van der Waals surface area contributed by atoms with Gasteiger partial charge < -0.3 is 9.15 Å². The summed E-state index contributed by atoms with van der Waals surface area (Å²) in [6, 6.07) is 3.63. The number of nitrogens with zero attached hydrogens (tertiary/aromatic N) is 8. The molecule has 2 atom stereocenters. The van der Waals surface area contributed by atoms with Crippen molar-refractivity contribution in [2.75, 3.05) is 6.61 Å². The van der Waals surface area contributed by atoms with Crippen LogP contribution in [0.4, 0.5) is 0 Å². The van der Waals surface area contributed by atoms with Crippen molar-refractivity contribution < 1.29 is 9.15 Å². The molecule has 0 N–H and O–H groups in total. The van der Waals surface area contributed by atoms with E-state index in [0.717, 1.165) is 19.3 Å². The van der Waals surface area contributed by atoms with Crippen LogP contribution >= 0.6 is 0 Å². The highest BCUT2D eigenvalue weighted by atomic mass is 16.5. The third-order valence-electron chi connectivity index (χ3n) is 6.38. The topological polar surface area (TPSA) is 119 Å². The Kier molecular flexibility index (Phi) is 4.80. The van der Waals surface area contributed by atoms with E-state index in [9.17, 15) is 4.79 Å².